The van der Waals surface area contributed by atoms with Crippen LogP contribution >= 0.6 is 0 Å². The van der Waals surface area contributed by atoms with Crippen molar-refractivity contribution >= 4 is 11.9 Å². The smallest absolute Gasteiger partial charge is 0.339 e. The Morgan fingerprint density at radius 3 is 2.52 bits per heavy atom. The number of aromatic nitrogens is 1. The summed E-state index contributed by atoms with van der Waals surface area (Å²) in [6.07, 6.45) is 1.80. The van der Waals surface area contributed by atoms with Crippen molar-refractivity contribution in [3.05, 3.63) is 65.5 Å². The first-order valence-corrected chi connectivity index (χ1v) is 7.14. The van der Waals surface area contributed by atoms with Gasteiger partial charge in [0, 0.05) is 6.20 Å². The Labute approximate surface area is 134 Å². The number of benzene rings is 1. The van der Waals surface area contributed by atoms with E-state index < -0.39 is 17.9 Å². The van der Waals surface area contributed by atoms with Crippen molar-refractivity contribution in [3.63, 3.8) is 0 Å². The van der Waals surface area contributed by atoms with E-state index in [1.54, 1.807) is 0 Å². The molecular formula is C17H18N2O4. The SMILES string of the molecule is COC(=O)c1ccc(C(=O)N[C@H](CO)Cc2ccccc2)nc1. The number of nitrogens with one attached hydrogen (secondary N) is 1. The Morgan fingerprint density at radius 2 is 1.96 bits per heavy atom. The molecule has 2 N–H and O–H groups in total. The van der Waals surface area contributed by atoms with Gasteiger partial charge in [-0.15, -0.1) is 0 Å². The maximum Gasteiger partial charge on any atom is 0.339 e. The zero-order chi connectivity index (χ0) is 16.7. The van der Waals surface area contributed by atoms with E-state index in [2.05, 4.69) is 15.0 Å². The van der Waals surface area contributed by atoms with Gasteiger partial charge < -0.3 is 15.2 Å². The average molecular weight is 314 g/mol. The van der Waals surface area contributed by atoms with Crippen LogP contribution in [0.4, 0.5) is 0 Å². The first-order valence-electron chi connectivity index (χ1n) is 7.14. The Bertz CT molecular complexity index is 656. The maximum absolute atomic E-state index is 12.2. The molecule has 2 aromatic rings. The minimum absolute atomic E-state index is 0.171. The number of hydrogen-bond donors (Lipinski definition) is 2. The molecule has 120 valence electrons. The molecule has 1 heterocycles. The highest BCUT2D eigenvalue weighted by Crippen LogP contribution is 2.05. The first kappa shape index (κ1) is 16.6. The third-order valence-electron chi connectivity index (χ3n) is 3.30. The maximum atomic E-state index is 12.2. The molecule has 0 spiro atoms. The minimum atomic E-state index is -0.512. The lowest BCUT2D eigenvalue weighted by Crippen LogP contribution is -2.39. The molecule has 2 rings (SSSR count). The van der Waals surface area contributed by atoms with Gasteiger partial charge in [-0.1, -0.05) is 30.3 Å². The van der Waals surface area contributed by atoms with Crippen molar-refractivity contribution in [2.75, 3.05) is 13.7 Å². The van der Waals surface area contributed by atoms with E-state index in [-0.39, 0.29) is 17.9 Å². The predicted octanol–water partition coefficient (Wildman–Crippen LogP) is 1.20. The third-order valence-corrected chi connectivity index (χ3v) is 3.30. The predicted molar refractivity (Wildman–Crippen MR) is 84.1 cm³/mol. The van der Waals surface area contributed by atoms with Crippen LogP contribution in [0.5, 0.6) is 0 Å². The number of pyridine rings is 1. The van der Waals surface area contributed by atoms with Gasteiger partial charge in [0.05, 0.1) is 25.3 Å². The highest BCUT2D eigenvalue weighted by molar-refractivity contribution is 5.94. The second-order valence-corrected chi connectivity index (χ2v) is 4.97. The van der Waals surface area contributed by atoms with Gasteiger partial charge in [0.15, 0.2) is 0 Å². The molecule has 6 heteroatoms. The van der Waals surface area contributed by atoms with Crippen molar-refractivity contribution in [1.82, 2.24) is 10.3 Å². The highest BCUT2D eigenvalue weighted by atomic mass is 16.5. The summed E-state index contributed by atoms with van der Waals surface area (Å²) < 4.78 is 4.57. The van der Waals surface area contributed by atoms with Gasteiger partial charge in [0.2, 0.25) is 0 Å². The summed E-state index contributed by atoms with van der Waals surface area (Å²) in [5.41, 5.74) is 1.46. The summed E-state index contributed by atoms with van der Waals surface area (Å²) in [6, 6.07) is 12.1. The Morgan fingerprint density at radius 1 is 1.22 bits per heavy atom. The largest absolute Gasteiger partial charge is 0.465 e. The van der Waals surface area contributed by atoms with Crippen LogP contribution in [0.2, 0.25) is 0 Å². The molecule has 0 aliphatic heterocycles. The van der Waals surface area contributed by atoms with Gasteiger partial charge in [-0.25, -0.2) is 4.79 Å². The minimum Gasteiger partial charge on any atom is -0.465 e. The summed E-state index contributed by atoms with van der Waals surface area (Å²) in [6.45, 7) is -0.180. The summed E-state index contributed by atoms with van der Waals surface area (Å²) >= 11 is 0. The van der Waals surface area contributed by atoms with Crippen molar-refractivity contribution < 1.29 is 19.4 Å². The van der Waals surface area contributed by atoms with Crippen LogP contribution in [0.15, 0.2) is 48.7 Å². The molecule has 0 saturated heterocycles. The lowest BCUT2D eigenvalue weighted by atomic mass is 10.1. The van der Waals surface area contributed by atoms with Crippen LogP contribution in [0.1, 0.15) is 26.4 Å². The number of amides is 1. The number of nitrogens with zero attached hydrogens (tertiary/aromatic N) is 1. The molecule has 0 aliphatic carbocycles. The molecule has 1 aromatic heterocycles. The second-order valence-electron chi connectivity index (χ2n) is 4.97. The average Bonchev–Trinajstić information content (AvgIpc) is 2.61. The molecule has 0 aliphatic rings. The van der Waals surface area contributed by atoms with E-state index in [0.717, 1.165) is 5.56 Å². The first-order chi connectivity index (χ1) is 11.1. The summed E-state index contributed by atoms with van der Waals surface area (Å²) in [7, 11) is 1.28. The Kier molecular flexibility index (Phi) is 5.82. The number of carbonyl (C=O) groups excluding carboxylic acids is 2. The van der Waals surface area contributed by atoms with Crippen LogP contribution in [-0.4, -0.2) is 41.7 Å². The topological polar surface area (TPSA) is 88.5 Å². The van der Waals surface area contributed by atoms with Gasteiger partial charge in [-0.3, -0.25) is 9.78 Å². The second kappa shape index (κ2) is 8.05. The van der Waals surface area contributed by atoms with Gasteiger partial charge in [0.1, 0.15) is 5.69 Å². The van der Waals surface area contributed by atoms with Crippen LogP contribution < -0.4 is 5.32 Å². The van der Waals surface area contributed by atoms with Crippen molar-refractivity contribution in [2.45, 2.75) is 12.5 Å². The van der Waals surface area contributed by atoms with E-state index in [0.29, 0.717) is 6.42 Å². The number of carbonyl (C=O) groups is 2. The number of methoxy groups -OCH3 is 1. The van der Waals surface area contributed by atoms with E-state index in [1.807, 2.05) is 30.3 Å². The quantitative estimate of drug-likeness (QED) is 0.782. The molecule has 1 aromatic carbocycles. The molecule has 1 amide bonds. The lowest BCUT2D eigenvalue weighted by Gasteiger charge is -2.16. The molecule has 6 nitrogen and oxygen atoms in total. The van der Waals surface area contributed by atoms with Crippen LogP contribution in [0.3, 0.4) is 0 Å². The third kappa shape index (κ3) is 4.62. The highest BCUT2D eigenvalue weighted by Gasteiger charge is 2.15. The van der Waals surface area contributed by atoms with Gasteiger partial charge in [0.25, 0.3) is 5.91 Å². The van der Waals surface area contributed by atoms with E-state index >= 15 is 0 Å². The van der Waals surface area contributed by atoms with Crippen molar-refractivity contribution in [1.29, 1.82) is 0 Å². The van der Waals surface area contributed by atoms with Gasteiger partial charge in [-0.05, 0) is 24.1 Å². The van der Waals surface area contributed by atoms with Gasteiger partial charge >= 0.3 is 5.97 Å². The molecular weight excluding hydrogens is 296 g/mol. The number of rotatable bonds is 6. The summed E-state index contributed by atoms with van der Waals surface area (Å²) in [5, 5.41) is 12.2. The lowest BCUT2D eigenvalue weighted by molar-refractivity contribution is 0.0599. The zero-order valence-electron chi connectivity index (χ0n) is 12.7. The molecule has 0 saturated carbocycles. The normalized spacial score (nSPS) is 11.6. The van der Waals surface area contributed by atoms with Crippen molar-refractivity contribution in [2.24, 2.45) is 0 Å². The molecule has 0 unspecified atom stereocenters. The molecule has 0 fully saturated rings. The van der Waals surface area contributed by atoms with Crippen molar-refractivity contribution in [3.8, 4) is 0 Å². The van der Waals surface area contributed by atoms with E-state index in [4.69, 9.17) is 0 Å². The molecule has 1 atom stereocenters. The number of aliphatic hydroxyl groups excluding tert-OH is 1. The Hall–Kier alpha value is -2.73. The monoisotopic (exact) mass is 314 g/mol. The van der Waals surface area contributed by atoms with Crippen LogP contribution in [0.25, 0.3) is 0 Å². The molecule has 23 heavy (non-hydrogen) atoms. The summed E-state index contributed by atoms with van der Waals surface area (Å²) in [4.78, 5) is 27.4. The number of hydrogen-bond acceptors (Lipinski definition) is 5. The zero-order valence-corrected chi connectivity index (χ0v) is 12.7. The fraction of sp³-hybridized carbons (Fsp3) is 0.235. The number of ether oxygens (including phenoxy) is 1. The van der Waals surface area contributed by atoms with E-state index in [9.17, 15) is 14.7 Å². The fourth-order valence-corrected chi connectivity index (χ4v) is 2.09. The number of aliphatic hydroxyl groups is 1. The van der Waals surface area contributed by atoms with Crippen LogP contribution in [0, 0.1) is 0 Å². The van der Waals surface area contributed by atoms with Crippen LogP contribution in [-0.2, 0) is 11.2 Å². The van der Waals surface area contributed by atoms with E-state index in [1.165, 1.54) is 25.4 Å². The fourth-order valence-electron chi connectivity index (χ4n) is 2.09. The molecule has 0 radical (unpaired) electrons. The van der Waals surface area contributed by atoms with Gasteiger partial charge in [-0.2, -0.15) is 0 Å². The molecule has 0 bridgehead atoms. The Balaban J connectivity index is 2.00. The number of esters is 1. The standard InChI is InChI=1S/C17H18N2O4/c1-23-17(22)13-7-8-15(18-10-13)16(21)19-14(11-20)9-12-5-3-2-4-6-12/h2-8,10,14,20H,9,11H2,1H3,(H,19,21)/t14-/m0/s1. The summed E-state index contributed by atoms with van der Waals surface area (Å²) in [5.74, 6) is -0.918.